The van der Waals surface area contributed by atoms with Gasteiger partial charge in [-0.1, -0.05) is 39.3 Å². The molecule has 138 valence electrons. The van der Waals surface area contributed by atoms with Gasteiger partial charge in [-0.05, 0) is 48.2 Å². The molecule has 2 aromatic carbocycles. The molecule has 0 saturated heterocycles. The summed E-state index contributed by atoms with van der Waals surface area (Å²) in [5, 5.41) is 0. The molecular weight excluding hydrogens is 348 g/mol. The molecule has 1 heterocycles. The van der Waals surface area contributed by atoms with Crippen molar-refractivity contribution in [2.75, 3.05) is 6.61 Å². The first-order valence-corrected chi connectivity index (χ1v) is 10.3. The van der Waals surface area contributed by atoms with Crippen LogP contribution in [0, 0.1) is 0 Å². The normalized spacial score (nSPS) is 12.0. The lowest BCUT2D eigenvalue weighted by Gasteiger charge is -2.16. The second-order valence-electron chi connectivity index (χ2n) is 6.59. The van der Waals surface area contributed by atoms with E-state index >= 15 is 0 Å². The fourth-order valence-corrected chi connectivity index (χ4v) is 4.17. The lowest BCUT2D eigenvalue weighted by molar-refractivity contribution is 0.305. The minimum atomic E-state index is -3.72. The van der Waals surface area contributed by atoms with E-state index in [9.17, 15) is 8.42 Å². The Hall–Kier alpha value is -2.34. The highest BCUT2D eigenvalue weighted by Crippen LogP contribution is 2.31. The maximum absolute atomic E-state index is 13.1. The molecule has 5 nitrogen and oxygen atoms in total. The van der Waals surface area contributed by atoms with Crippen LogP contribution in [0.5, 0.6) is 5.75 Å². The van der Waals surface area contributed by atoms with Crippen LogP contribution >= 0.6 is 0 Å². The Balaban J connectivity index is 2.03. The Bertz CT molecular complexity index is 1010. The number of unbranched alkanes of at least 4 members (excludes halogenated alkanes) is 1. The van der Waals surface area contributed by atoms with E-state index in [0.29, 0.717) is 17.6 Å². The monoisotopic (exact) mass is 372 g/mol. The third-order valence-electron chi connectivity index (χ3n) is 4.34. The van der Waals surface area contributed by atoms with Crippen LogP contribution in [0.15, 0.2) is 53.7 Å². The molecule has 0 bridgehead atoms. The van der Waals surface area contributed by atoms with Crippen molar-refractivity contribution in [1.82, 2.24) is 8.96 Å². The van der Waals surface area contributed by atoms with Gasteiger partial charge >= 0.3 is 0 Å². The summed E-state index contributed by atoms with van der Waals surface area (Å²) >= 11 is 0. The van der Waals surface area contributed by atoms with Gasteiger partial charge in [-0.2, -0.15) is 0 Å². The first-order valence-electron chi connectivity index (χ1n) is 8.89. The Morgan fingerprint density at radius 1 is 1.15 bits per heavy atom. The molecule has 6 heteroatoms. The summed E-state index contributed by atoms with van der Waals surface area (Å²) in [7, 11) is -3.72. The van der Waals surface area contributed by atoms with Crippen LogP contribution in [0.2, 0.25) is 0 Å². The number of nitrogens with zero attached hydrogens (tertiary/aromatic N) is 2. The van der Waals surface area contributed by atoms with Gasteiger partial charge in [0, 0.05) is 0 Å². The highest BCUT2D eigenvalue weighted by atomic mass is 32.2. The third kappa shape index (κ3) is 3.46. The fraction of sp³-hybridized carbons (Fsp3) is 0.350. The van der Waals surface area contributed by atoms with Crippen molar-refractivity contribution in [3.05, 3.63) is 54.4 Å². The van der Waals surface area contributed by atoms with Gasteiger partial charge in [0.1, 0.15) is 12.1 Å². The standard InChI is InChI=1S/C20H24N2O3S/c1-4-5-12-25-20-11-10-16(13-17(20)15(2)3)26(23,24)22-14-21-18-8-6-7-9-19(18)22/h6-11,13-15H,4-5,12H2,1-3H3. The Morgan fingerprint density at radius 2 is 1.92 bits per heavy atom. The van der Waals surface area contributed by atoms with Crippen molar-refractivity contribution >= 4 is 21.1 Å². The van der Waals surface area contributed by atoms with Crippen molar-refractivity contribution in [2.45, 2.75) is 44.4 Å². The molecule has 0 amide bonds. The largest absolute Gasteiger partial charge is 0.493 e. The maximum atomic E-state index is 13.1. The first kappa shape index (κ1) is 18.5. The molecule has 0 spiro atoms. The molecule has 0 aliphatic rings. The molecule has 0 aliphatic heterocycles. The number of para-hydroxylation sites is 2. The highest BCUT2D eigenvalue weighted by molar-refractivity contribution is 7.90. The van der Waals surface area contributed by atoms with E-state index in [1.807, 2.05) is 19.9 Å². The van der Waals surface area contributed by atoms with E-state index in [2.05, 4.69) is 11.9 Å². The summed E-state index contributed by atoms with van der Waals surface area (Å²) in [6.07, 6.45) is 3.39. The molecule has 0 saturated carbocycles. The number of benzene rings is 2. The smallest absolute Gasteiger partial charge is 0.269 e. The topological polar surface area (TPSA) is 61.2 Å². The average molecular weight is 372 g/mol. The number of rotatable bonds is 7. The van der Waals surface area contributed by atoms with Crippen LogP contribution < -0.4 is 4.74 Å². The molecule has 0 atom stereocenters. The van der Waals surface area contributed by atoms with E-state index in [1.54, 1.807) is 36.4 Å². The van der Waals surface area contributed by atoms with E-state index in [1.165, 1.54) is 10.3 Å². The summed E-state index contributed by atoms with van der Waals surface area (Å²) in [6.45, 7) is 6.81. The summed E-state index contributed by atoms with van der Waals surface area (Å²) < 4.78 is 33.4. The Morgan fingerprint density at radius 3 is 2.65 bits per heavy atom. The van der Waals surface area contributed by atoms with Gasteiger partial charge in [-0.25, -0.2) is 17.4 Å². The minimum absolute atomic E-state index is 0.154. The van der Waals surface area contributed by atoms with Crippen LogP contribution in [0.3, 0.4) is 0 Å². The van der Waals surface area contributed by atoms with Gasteiger partial charge in [0.15, 0.2) is 0 Å². The summed E-state index contributed by atoms with van der Waals surface area (Å²) in [6, 6.07) is 12.3. The number of hydrogen-bond acceptors (Lipinski definition) is 4. The van der Waals surface area contributed by atoms with Crippen LogP contribution in [0.25, 0.3) is 11.0 Å². The van der Waals surface area contributed by atoms with E-state index < -0.39 is 10.0 Å². The molecule has 3 rings (SSSR count). The second kappa shape index (κ2) is 7.50. The van der Waals surface area contributed by atoms with Crippen LogP contribution in [0.4, 0.5) is 0 Å². The van der Waals surface area contributed by atoms with Gasteiger partial charge < -0.3 is 4.74 Å². The van der Waals surface area contributed by atoms with Crippen molar-refractivity contribution in [3.63, 3.8) is 0 Å². The summed E-state index contributed by atoms with van der Waals surface area (Å²) in [4.78, 5) is 4.44. The number of imidazole rings is 1. The van der Waals surface area contributed by atoms with E-state index in [0.717, 1.165) is 24.2 Å². The SMILES string of the molecule is CCCCOc1ccc(S(=O)(=O)n2cnc3ccccc32)cc1C(C)C. The first-order chi connectivity index (χ1) is 12.4. The van der Waals surface area contributed by atoms with Gasteiger partial charge in [0.05, 0.1) is 22.5 Å². The zero-order chi connectivity index (χ0) is 18.7. The molecular formula is C20H24N2O3S. The fourth-order valence-electron chi connectivity index (χ4n) is 2.84. The molecule has 0 unspecified atom stereocenters. The number of ether oxygens (including phenoxy) is 1. The number of aromatic nitrogens is 2. The maximum Gasteiger partial charge on any atom is 0.269 e. The van der Waals surface area contributed by atoms with E-state index in [4.69, 9.17) is 4.74 Å². The highest BCUT2D eigenvalue weighted by Gasteiger charge is 2.22. The average Bonchev–Trinajstić information content (AvgIpc) is 3.06. The minimum Gasteiger partial charge on any atom is -0.493 e. The zero-order valence-corrected chi connectivity index (χ0v) is 16.2. The molecule has 0 N–H and O–H groups in total. The van der Waals surface area contributed by atoms with Gasteiger partial charge in [-0.3, -0.25) is 0 Å². The number of fused-ring (bicyclic) bond motifs is 1. The van der Waals surface area contributed by atoms with Crippen molar-refractivity contribution in [1.29, 1.82) is 0 Å². The van der Waals surface area contributed by atoms with Gasteiger partial charge in [0.2, 0.25) is 0 Å². The Kier molecular flexibility index (Phi) is 5.32. The van der Waals surface area contributed by atoms with Crippen molar-refractivity contribution in [3.8, 4) is 5.75 Å². The van der Waals surface area contributed by atoms with Gasteiger partial charge in [-0.15, -0.1) is 0 Å². The summed E-state index contributed by atoms with van der Waals surface area (Å²) in [5.74, 6) is 0.907. The van der Waals surface area contributed by atoms with Crippen molar-refractivity contribution < 1.29 is 13.2 Å². The molecule has 26 heavy (non-hydrogen) atoms. The summed E-state index contributed by atoms with van der Waals surface area (Å²) in [5.41, 5.74) is 2.12. The lowest BCUT2D eigenvalue weighted by atomic mass is 10.0. The molecule has 1 aromatic heterocycles. The van der Waals surface area contributed by atoms with Crippen LogP contribution in [-0.2, 0) is 10.0 Å². The molecule has 0 aliphatic carbocycles. The lowest BCUT2D eigenvalue weighted by Crippen LogP contribution is -2.13. The van der Waals surface area contributed by atoms with Crippen LogP contribution in [0.1, 0.15) is 45.1 Å². The quantitative estimate of drug-likeness (QED) is 0.570. The molecule has 0 radical (unpaired) electrons. The van der Waals surface area contributed by atoms with E-state index in [-0.39, 0.29) is 10.8 Å². The number of hydrogen-bond donors (Lipinski definition) is 0. The third-order valence-corrected chi connectivity index (χ3v) is 5.99. The van der Waals surface area contributed by atoms with Gasteiger partial charge in [0.25, 0.3) is 10.0 Å². The van der Waals surface area contributed by atoms with Crippen LogP contribution in [-0.4, -0.2) is 24.0 Å². The zero-order valence-electron chi connectivity index (χ0n) is 15.3. The second-order valence-corrected chi connectivity index (χ2v) is 8.41. The molecule has 3 aromatic rings. The van der Waals surface area contributed by atoms with Crippen molar-refractivity contribution in [2.24, 2.45) is 0 Å². The predicted molar refractivity (Wildman–Crippen MR) is 103 cm³/mol. The molecule has 0 fully saturated rings. The Labute approximate surface area is 154 Å². The predicted octanol–water partition coefficient (Wildman–Crippen LogP) is 4.58.